The molecule has 0 unspecified atom stereocenters. The second kappa shape index (κ2) is 7.26. The van der Waals surface area contributed by atoms with Crippen LogP contribution in [0.25, 0.3) is 22.2 Å². The quantitative estimate of drug-likeness (QED) is 0.747. The Morgan fingerprint density at radius 3 is 2.42 bits per heavy atom. The molecular weight excluding hydrogens is 296 g/mol. The minimum absolute atomic E-state index is 0.00974. The molecule has 0 aliphatic rings. The first kappa shape index (κ1) is 16.2. The molecule has 0 aliphatic carbocycles. The Morgan fingerprint density at radius 1 is 1.00 bits per heavy atom. The molecule has 122 valence electrons. The normalized spacial score (nSPS) is 10.8. The molecule has 1 heterocycles. The van der Waals surface area contributed by atoms with E-state index in [1.807, 2.05) is 54.6 Å². The highest BCUT2D eigenvalue weighted by Crippen LogP contribution is 2.30. The number of benzene rings is 2. The number of carbonyl (C=O) groups is 1. The van der Waals surface area contributed by atoms with E-state index in [9.17, 15) is 4.79 Å². The van der Waals surface area contributed by atoms with Crippen molar-refractivity contribution in [3.8, 4) is 11.3 Å². The number of fused-ring (bicyclic) bond motifs is 1. The van der Waals surface area contributed by atoms with Gasteiger partial charge in [0, 0.05) is 17.5 Å². The molecule has 0 fully saturated rings. The summed E-state index contributed by atoms with van der Waals surface area (Å²) in [7, 11) is 0. The third-order valence-electron chi connectivity index (χ3n) is 4.16. The number of carbonyl (C=O) groups excluding carboxylic acids is 1. The van der Waals surface area contributed by atoms with Gasteiger partial charge in [-0.1, -0.05) is 62.4 Å². The van der Waals surface area contributed by atoms with Gasteiger partial charge in [-0.05, 0) is 24.5 Å². The summed E-state index contributed by atoms with van der Waals surface area (Å²) in [6.45, 7) is 4.81. The molecule has 0 radical (unpaired) electrons. The van der Waals surface area contributed by atoms with Crippen LogP contribution >= 0.6 is 0 Å². The van der Waals surface area contributed by atoms with Gasteiger partial charge in [0.25, 0.3) is 5.91 Å². The molecule has 0 aliphatic heterocycles. The van der Waals surface area contributed by atoms with Gasteiger partial charge in [-0.2, -0.15) is 0 Å². The molecule has 3 aromatic rings. The van der Waals surface area contributed by atoms with Gasteiger partial charge in [-0.25, -0.2) is 4.98 Å². The number of aromatic nitrogens is 1. The van der Waals surface area contributed by atoms with Crippen molar-refractivity contribution in [3.63, 3.8) is 0 Å². The van der Waals surface area contributed by atoms with Crippen molar-refractivity contribution < 1.29 is 4.79 Å². The predicted octanol–water partition coefficient (Wildman–Crippen LogP) is 4.60. The minimum Gasteiger partial charge on any atom is -0.352 e. The highest BCUT2D eigenvalue weighted by molar-refractivity contribution is 6.09. The van der Waals surface area contributed by atoms with Gasteiger partial charge in [-0.15, -0.1) is 0 Å². The van der Waals surface area contributed by atoms with Crippen LogP contribution in [0.1, 0.15) is 36.2 Å². The first-order chi connectivity index (χ1) is 11.8. The topological polar surface area (TPSA) is 42.0 Å². The number of para-hydroxylation sites is 1. The molecule has 0 saturated carbocycles. The molecule has 24 heavy (non-hydrogen) atoms. The Balaban J connectivity index is 2.28. The van der Waals surface area contributed by atoms with E-state index in [1.165, 1.54) is 0 Å². The van der Waals surface area contributed by atoms with Gasteiger partial charge in [0.1, 0.15) is 0 Å². The van der Waals surface area contributed by atoms with Crippen LogP contribution in [-0.2, 0) is 6.42 Å². The van der Waals surface area contributed by atoms with Crippen LogP contribution in [-0.4, -0.2) is 17.4 Å². The summed E-state index contributed by atoms with van der Waals surface area (Å²) < 4.78 is 0. The molecule has 0 spiro atoms. The average molecular weight is 318 g/mol. The minimum atomic E-state index is -0.00974. The predicted molar refractivity (Wildman–Crippen MR) is 99.2 cm³/mol. The third-order valence-corrected chi connectivity index (χ3v) is 4.16. The van der Waals surface area contributed by atoms with Crippen molar-refractivity contribution in [2.45, 2.75) is 26.7 Å². The van der Waals surface area contributed by atoms with Crippen LogP contribution in [0, 0.1) is 0 Å². The molecule has 0 saturated heterocycles. The smallest absolute Gasteiger partial charge is 0.252 e. The second-order valence-corrected chi connectivity index (χ2v) is 5.81. The number of rotatable bonds is 5. The Labute approximate surface area is 142 Å². The summed E-state index contributed by atoms with van der Waals surface area (Å²) in [4.78, 5) is 17.7. The van der Waals surface area contributed by atoms with Crippen molar-refractivity contribution in [2.75, 3.05) is 6.54 Å². The van der Waals surface area contributed by atoms with E-state index in [2.05, 4.69) is 19.2 Å². The molecule has 3 nitrogen and oxygen atoms in total. The Morgan fingerprint density at radius 2 is 1.71 bits per heavy atom. The monoisotopic (exact) mass is 318 g/mol. The highest BCUT2D eigenvalue weighted by Gasteiger charge is 2.19. The fourth-order valence-corrected chi connectivity index (χ4v) is 3.02. The number of nitrogens with one attached hydrogen (secondary N) is 1. The highest BCUT2D eigenvalue weighted by atomic mass is 16.1. The van der Waals surface area contributed by atoms with Gasteiger partial charge in [0.05, 0.1) is 16.8 Å². The lowest BCUT2D eigenvalue weighted by Gasteiger charge is -2.16. The van der Waals surface area contributed by atoms with Gasteiger partial charge in [-0.3, -0.25) is 4.79 Å². The molecule has 0 atom stereocenters. The lowest BCUT2D eigenvalue weighted by molar-refractivity contribution is 0.0954. The van der Waals surface area contributed by atoms with Crippen LogP contribution < -0.4 is 5.32 Å². The summed E-state index contributed by atoms with van der Waals surface area (Å²) in [6.07, 6.45) is 1.68. The van der Waals surface area contributed by atoms with Crippen LogP contribution in [0.5, 0.6) is 0 Å². The number of hydrogen-bond acceptors (Lipinski definition) is 2. The summed E-state index contributed by atoms with van der Waals surface area (Å²) >= 11 is 0. The van der Waals surface area contributed by atoms with E-state index >= 15 is 0 Å². The molecule has 0 bridgehead atoms. The zero-order valence-electron chi connectivity index (χ0n) is 14.2. The molecule has 3 rings (SSSR count). The van der Waals surface area contributed by atoms with E-state index in [-0.39, 0.29) is 5.91 Å². The van der Waals surface area contributed by atoms with Crippen molar-refractivity contribution >= 4 is 16.8 Å². The van der Waals surface area contributed by atoms with Gasteiger partial charge < -0.3 is 5.32 Å². The molecule has 2 aromatic carbocycles. The maximum atomic E-state index is 12.8. The lowest BCUT2D eigenvalue weighted by atomic mass is 9.94. The van der Waals surface area contributed by atoms with Crippen molar-refractivity contribution in [3.05, 3.63) is 65.7 Å². The zero-order valence-corrected chi connectivity index (χ0v) is 14.2. The van der Waals surface area contributed by atoms with Crippen LogP contribution in [0.4, 0.5) is 0 Å². The Bertz CT molecular complexity index is 856. The van der Waals surface area contributed by atoms with Crippen LogP contribution in [0.15, 0.2) is 54.6 Å². The number of amides is 1. The molecule has 1 N–H and O–H groups in total. The Kier molecular flexibility index (Phi) is 4.90. The Hall–Kier alpha value is -2.68. The fourth-order valence-electron chi connectivity index (χ4n) is 3.02. The van der Waals surface area contributed by atoms with E-state index in [0.29, 0.717) is 6.54 Å². The van der Waals surface area contributed by atoms with Crippen molar-refractivity contribution in [1.29, 1.82) is 0 Å². The van der Waals surface area contributed by atoms with Crippen molar-refractivity contribution in [1.82, 2.24) is 10.3 Å². The number of pyridine rings is 1. The summed E-state index contributed by atoms with van der Waals surface area (Å²) in [6, 6.07) is 18.0. The molecular formula is C21H22N2O. The van der Waals surface area contributed by atoms with E-state index in [4.69, 9.17) is 4.98 Å². The average Bonchev–Trinajstić information content (AvgIpc) is 2.65. The van der Waals surface area contributed by atoms with E-state index in [0.717, 1.165) is 46.1 Å². The van der Waals surface area contributed by atoms with Gasteiger partial charge in [0.2, 0.25) is 0 Å². The lowest BCUT2D eigenvalue weighted by Crippen LogP contribution is -2.26. The summed E-state index contributed by atoms with van der Waals surface area (Å²) in [5.74, 6) is -0.00974. The van der Waals surface area contributed by atoms with Crippen molar-refractivity contribution in [2.24, 2.45) is 0 Å². The van der Waals surface area contributed by atoms with E-state index in [1.54, 1.807) is 0 Å². The van der Waals surface area contributed by atoms with Gasteiger partial charge >= 0.3 is 0 Å². The fraction of sp³-hybridized carbons (Fsp3) is 0.238. The maximum Gasteiger partial charge on any atom is 0.252 e. The number of nitrogens with zero attached hydrogens (tertiary/aromatic N) is 1. The van der Waals surface area contributed by atoms with E-state index < -0.39 is 0 Å². The molecule has 1 amide bonds. The third kappa shape index (κ3) is 3.02. The summed E-state index contributed by atoms with van der Waals surface area (Å²) in [5, 5.41) is 3.95. The van der Waals surface area contributed by atoms with Crippen LogP contribution in [0.3, 0.4) is 0 Å². The van der Waals surface area contributed by atoms with Crippen LogP contribution in [0.2, 0.25) is 0 Å². The SMILES string of the molecule is CCCNC(=O)c1c(CC)c(-c2ccccc2)nc2ccccc12. The zero-order chi connectivity index (χ0) is 16.9. The molecule has 1 aromatic heterocycles. The standard InChI is InChI=1S/C21H22N2O/c1-3-14-22-21(24)19-16(4-2)20(15-10-6-5-7-11-15)23-18-13-9-8-12-17(18)19/h5-13H,3-4,14H2,1-2H3,(H,22,24). The number of hydrogen-bond donors (Lipinski definition) is 1. The first-order valence-electron chi connectivity index (χ1n) is 8.51. The summed E-state index contributed by atoms with van der Waals surface area (Å²) in [5.41, 5.74) is 4.57. The maximum absolute atomic E-state index is 12.8. The largest absolute Gasteiger partial charge is 0.352 e. The van der Waals surface area contributed by atoms with Gasteiger partial charge in [0.15, 0.2) is 0 Å². The molecule has 3 heteroatoms. The first-order valence-corrected chi connectivity index (χ1v) is 8.51. The second-order valence-electron chi connectivity index (χ2n) is 5.81.